The van der Waals surface area contributed by atoms with Crippen LogP contribution in [0.2, 0.25) is 0 Å². The Bertz CT molecular complexity index is 495. The molecule has 0 amide bonds. The van der Waals surface area contributed by atoms with E-state index in [0.29, 0.717) is 23.5 Å². The van der Waals surface area contributed by atoms with Gasteiger partial charge in [0, 0.05) is 16.2 Å². The second-order valence-electron chi connectivity index (χ2n) is 3.07. The normalized spacial score (nSPS) is 14.3. The van der Waals surface area contributed by atoms with Gasteiger partial charge in [-0.05, 0) is 18.6 Å². The van der Waals surface area contributed by atoms with E-state index in [9.17, 15) is 8.42 Å². The number of halogens is 1. The van der Waals surface area contributed by atoms with E-state index in [1.165, 1.54) is 6.07 Å². The van der Waals surface area contributed by atoms with Gasteiger partial charge in [0.25, 0.3) is 9.05 Å². The summed E-state index contributed by atoms with van der Waals surface area (Å²) in [6, 6.07) is 2.99. The summed E-state index contributed by atoms with van der Waals surface area (Å²) < 4.78 is 32.9. The van der Waals surface area contributed by atoms with Crippen molar-refractivity contribution < 1.29 is 17.9 Å². The third kappa shape index (κ3) is 1.77. The van der Waals surface area contributed by atoms with E-state index in [2.05, 4.69) is 0 Å². The van der Waals surface area contributed by atoms with Crippen molar-refractivity contribution in [3.8, 4) is 11.5 Å². The molecular formula is C9H9ClO4S. The van der Waals surface area contributed by atoms with Crippen molar-refractivity contribution in [2.45, 2.75) is 18.2 Å². The standard InChI is InChI=1S/C9H9ClO4S/c1-2-6-8(15(10,11)12)4-3-7-9(6)14-5-13-7/h3-4H,2,5H2,1H3. The van der Waals surface area contributed by atoms with E-state index >= 15 is 0 Å². The van der Waals surface area contributed by atoms with Crippen molar-refractivity contribution in [2.24, 2.45) is 0 Å². The van der Waals surface area contributed by atoms with E-state index in [4.69, 9.17) is 20.2 Å². The second kappa shape index (κ2) is 3.57. The van der Waals surface area contributed by atoms with Crippen molar-refractivity contribution in [3.05, 3.63) is 17.7 Å². The predicted octanol–water partition coefficient (Wildman–Crippen LogP) is 1.91. The Labute approximate surface area is 92.2 Å². The molecule has 0 saturated carbocycles. The van der Waals surface area contributed by atoms with Crippen molar-refractivity contribution >= 4 is 19.7 Å². The van der Waals surface area contributed by atoms with Crippen LogP contribution in [0, 0.1) is 0 Å². The van der Waals surface area contributed by atoms with Gasteiger partial charge in [0.05, 0.1) is 4.90 Å². The molecule has 0 radical (unpaired) electrons. The molecule has 0 N–H and O–H groups in total. The van der Waals surface area contributed by atoms with Crippen LogP contribution in [0.3, 0.4) is 0 Å². The third-order valence-electron chi connectivity index (χ3n) is 2.22. The highest BCUT2D eigenvalue weighted by Gasteiger charge is 2.24. The number of hydrogen-bond acceptors (Lipinski definition) is 4. The summed E-state index contributed by atoms with van der Waals surface area (Å²) in [5.41, 5.74) is 0.569. The molecule has 0 atom stereocenters. The van der Waals surface area contributed by atoms with Crippen LogP contribution in [-0.4, -0.2) is 15.2 Å². The molecule has 0 bridgehead atoms. The zero-order chi connectivity index (χ0) is 11.1. The molecule has 0 aromatic heterocycles. The summed E-state index contributed by atoms with van der Waals surface area (Å²) in [6.07, 6.45) is 0.522. The first-order chi connectivity index (χ1) is 7.04. The van der Waals surface area contributed by atoms with E-state index in [-0.39, 0.29) is 11.7 Å². The minimum atomic E-state index is -3.73. The lowest BCUT2D eigenvalue weighted by atomic mass is 10.1. The largest absolute Gasteiger partial charge is 0.454 e. The van der Waals surface area contributed by atoms with Crippen LogP contribution in [0.5, 0.6) is 11.5 Å². The minimum absolute atomic E-state index is 0.0934. The quantitative estimate of drug-likeness (QED) is 0.751. The SMILES string of the molecule is CCc1c(S(=O)(=O)Cl)ccc2c1OCO2. The summed E-state index contributed by atoms with van der Waals surface area (Å²) in [4.78, 5) is 0.0934. The molecule has 0 fully saturated rings. The van der Waals surface area contributed by atoms with E-state index in [1.54, 1.807) is 6.07 Å². The van der Waals surface area contributed by atoms with E-state index in [1.807, 2.05) is 6.92 Å². The molecule has 6 heteroatoms. The van der Waals surface area contributed by atoms with Crippen LogP contribution in [0.4, 0.5) is 0 Å². The third-order valence-corrected chi connectivity index (χ3v) is 3.62. The molecule has 15 heavy (non-hydrogen) atoms. The molecule has 1 heterocycles. The highest BCUT2D eigenvalue weighted by Crippen LogP contribution is 2.40. The van der Waals surface area contributed by atoms with Crippen molar-refractivity contribution in [2.75, 3.05) is 6.79 Å². The lowest BCUT2D eigenvalue weighted by molar-refractivity contribution is 0.173. The Morgan fingerprint density at radius 1 is 1.40 bits per heavy atom. The van der Waals surface area contributed by atoms with Crippen LogP contribution in [-0.2, 0) is 15.5 Å². The molecule has 1 aromatic carbocycles. The Kier molecular flexibility index (Phi) is 2.52. The lowest BCUT2D eigenvalue weighted by Crippen LogP contribution is -1.99. The monoisotopic (exact) mass is 248 g/mol. The average Bonchev–Trinajstić information content (AvgIpc) is 2.61. The molecule has 4 nitrogen and oxygen atoms in total. The van der Waals surface area contributed by atoms with Gasteiger partial charge < -0.3 is 9.47 Å². The van der Waals surface area contributed by atoms with E-state index < -0.39 is 9.05 Å². The summed E-state index contributed by atoms with van der Waals surface area (Å²) in [6.45, 7) is 1.96. The smallest absolute Gasteiger partial charge is 0.261 e. The molecule has 1 aliphatic rings. The van der Waals surface area contributed by atoms with Gasteiger partial charge in [-0.1, -0.05) is 6.92 Å². The Hall–Kier alpha value is -0.940. The Morgan fingerprint density at radius 2 is 2.13 bits per heavy atom. The van der Waals surface area contributed by atoms with Gasteiger partial charge in [-0.25, -0.2) is 8.42 Å². The average molecular weight is 249 g/mol. The van der Waals surface area contributed by atoms with Crippen molar-refractivity contribution in [1.29, 1.82) is 0 Å². The van der Waals surface area contributed by atoms with Crippen LogP contribution >= 0.6 is 10.7 Å². The molecular weight excluding hydrogens is 240 g/mol. The fourth-order valence-electron chi connectivity index (χ4n) is 1.58. The van der Waals surface area contributed by atoms with Crippen molar-refractivity contribution in [3.63, 3.8) is 0 Å². The number of rotatable bonds is 2. The van der Waals surface area contributed by atoms with Gasteiger partial charge in [-0.15, -0.1) is 0 Å². The highest BCUT2D eigenvalue weighted by molar-refractivity contribution is 8.13. The van der Waals surface area contributed by atoms with Crippen LogP contribution < -0.4 is 9.47 Å². The molecule has 0 unspecified atom stereocenters. The first kappa shape index (κ1) is 10.6. The topological polar surface area (TPSA) is 52.6 Å². The summed E-state index contributed by atoms with van der Waals surface area (Å²) in [5, 5.41) is 0. The summed E-state index contributed by atoms with van der Waals surface area (Å²) in [7, 11) is 1.59. The van der Waals surface area contributed by atoms with Crippen LogP contribution in [0.1, 0.15) is 12.5 Å². The second-order valence-corrected chi connectivity index (χ2v) is 5.60. The van der Waals surface area contributed by atoms with Crippen LogP contribution in [0.25, 0.3) is 0 Å². The first-order valence-electron chi connectivity index (χ1n) is 4.40. The molecule has 1 aromatic rings. The molecule has 0 saturated heterocycles. The highest BCUT2D eigenvalue weighted by atomic mass is 35.7. The molecule has 1 aliphatic heterocycles. The van der Waals surface area contributed by atoms with Gasteiger partial charge in [-0.3, -0.25) is 0 Å². The number of ether oxygens (including phenoxy) is 2. The number of hydrogen-bond donors (Lipinski definition) is 0. The van der Waals surface area contributed by atoms with Gasteiger partial charge >= 0.3 is 0 Å². The maximum absolute atomic E-state index is 11.3. The van der Waals surface area contributed by atoms with Gasteiger partial charge in [0.15, 0.2) is 11.5 Å². The van der Waals surface area contributed by atoms with Crippen molar-refractivity contribution in [1.82, 2.24) is 0 Å². The van der Waals surface area contributed by atoms with Gasteiger partial charge in [0.2, 0.25) is 6.79 Å². The molecule has 0 aliphatic carbocycles. The lowest BCUT2D eigenvalue weighted by Gasteiger charge is -2.07. The fraction of sp³-hybridized carbons (Fsp3) is 0.333. The Morgan fingerprint density at radius 3 is 2.73 bits per heavy atom. The van der Waals surface area contributed by atoms with E-state index in [0.717, 1.165) is 0 Å². The van der Waals surface area contributed by atoms with Gasteiger partial charge in [-0.2, -0.15) is 0 Å². The summed E-state index contributed by atoms with van der Waals surface area (Å²) >= 11 is 0. The van der Waals surface area contributed by atoms with Crippen LogP contribution in [0.15, 0.2) is 17.0 Å². The summed E-state index contributed by atoms with van der Waals surface area (Å²) in [5.74, 6) is 1.05. The molecule has 0 spiro atoms. The zero-order valence-electron chi connectivity index (χ0n) is 7.99. The fourth-order valence-corrected chi connectivity index (χ4v) is 2.77. The Balaban J connectivity index is 2.69. The molecule has 2 rings (SSSR count). The zero-order valence-corrected chi connectivity index (χ0v) is 9.56. The number of benzene rings is 1. The number of fused-ring (bicyclic) bond motifs is 1. The van der Waals surface area contributed by atoms with Gasteiger partial charge in [0.1, 0.15) is 0 Å². The first-order valence-corrected chi connectivity index (χ1v) is 6.71. The maximum Gasteiger partial charge on any atom is 0.261 e. The minimum Gasteiger partial charge on any atom is -0.454 e. The maximum atomic E-state index is 11.3. The molecule has 82 valence electrons. The predicted molar refractivity (Wildman–Crippen MR) is 55.0 cm³/mol.